The van der Waals surface area contributed by atoms with Crippen LogP contribution in [0.2, 0.25) is 0 Å². The third-order valence-corrected chi connectivity index (χ3v) is 4.80. The van der Waals surface area contributed by atoms with Crippen LogP contribution in [0.3, 0.4) is 0 Å². The number of carbonyl (C=O) groups excluding carboxylic acids is 1. The molecule has 1 aliphatic rings. The second-order valence-electron chi connectivity index (χ2n) is 7.45. The van der Waals surface area contributed by atoms with Gasteiger partial charge in [0.2, 0.25) is 0 Å². The lowest BCUT2D eigenvalue weighted by molar-refractivity contribution is 0.0950. The number of hydrogen-bond acceptors (Lipinski definition) is 4. The summed E-state index contributed by atoms with van der Waals surface area (Å²) >= 11 is 0. The van der Waals surface area contributed by atoms with Gasteiger partial charge in [-0.25, -0.2) is 4.39 Å². The van der Waals surface area contributed by atoms with E-state index < -0.39 is 0 Å². The molecule has 1 N–H and O–H groups in total. The summed E-state index contributed by atoms with van der Waals surface area (Å²) in [5.74, 6) is 0.158. The number of piperazine rings is 1. The van der Waals surface area contributed by atoms with E-state index in [-0.39, 0.29) is 17.8 Å². The average molecular weight is 385 g/mol. The van der Waals surface area contributed by atoms with Crippen molar-refractivity contribution in [1.29, 1.82) is 0 Å². The van der Waals surface area contributed by atoms with Gasteiger partial charge < -0.3 is 19.9 Å². The molecular formula is C22H28FN3O2. The zero-order valence-electron chi connectivity index (χ0n) is 16.7. The van der Waals surface area contributed by atoms with Crippen molar-refractivity contribution < 1.29 is 13.9 Å². The maximum atomic E-state index is 14.6. The summed E-state index contributed by atoms with van der Waals surface area (Å²) in [5, 5.41) is 2.84. The van der Waals surface area contributed by atoms with E-state index in [0.29, 0.717) is 17.8 Å². The minimum atomic E-state index is -0.354. The average Bonchev–Trinajstić information content (AvgIpc) is 2.67. The number of carbonyl (C=O) groups is 1. The highest BCUT2D eigenvalue weighted by Crippen LogP contribution is 2.22. The zero-order chi connectivity index (χ0) is 20.1. The zero-order valence-corrected chi connectivity index (χ0v) is 16.7. The molecule has 1 amide bonds. The summed E-state index contributed by atoms with van der Waals surface area (Å²) in [7, 11) is 2.06. The fourth-order valence-corrected chi connectivity index (χ4v) is 3.19. The standard InChI is InChI=1S/C22H28FN3O2/c1-16(2)28-19-7-4-17(5-8-19)15-24-22(27)18-6-9-21(20(23)14-18)26-12-10-25(3)11-13-26/h4-9,14,16H,10-13,15H2,1-3H3,(H,24,27). The van der Waals surface area contributed by atoms with Gasteiger partial charge in [-0.1, -0.05) is 12.1 Å². The number of ether oxygens (including phenoxy) is 1. The molecule has 5 nitrogen and oxygen atoms in total. The van der Waals surface area contributed by atoms with Gasteiger partial charge in [0.15, 0.2) is 0 Å². The largest absolute Gasteiger partial charge is 0.491 e. The monoisotopic (exact) mass is 385 g/mol. The van der Waals surface area contributed by atoms with Gasteiger partial charge in [0.25, 0.3) is 5.91 Å². The van der Waals surface area contributed by atoms with Crippen molar-refractivity contribution >= 4 is 11.6 Å². The predicted octanol–water partition coefficient (Wildman–Crippen LogP) is 3.29. The molecule has 1 aliphatic heterocycles. The van der Waals surface area contributed by atoms with Crippen LogP contribution in [0.4, 0.5) is 10.1 Å². The maximum absolute atomic E-state index is 14.6. The van der Waals surface area contributed by atoms with Gasteiger partial charge in [-0.15, -0.1) is 0 Å². The first-order chi connectivity index (χ1) is 13.4. The molecule has 1 heterocycles. The molecule has 2 aromatic rings. The third kappa shape index (κ3) is 5.23. The summed E-state index contributed by atoms with van der Waals surface area (Å²) in [6, 6.07) is 12.3. The van der Waals surface area contributed by atoms with Crippen LogP contribution in [0.1, 0.15) is 29.8 Å². The number of benzene rings is 2. The van der Waals surface area contributed by atoms with Crippen LogP contribution >= 0.6 is 0 Å². The van der Waals surface area contributed by atoms with E-state index >= 15 is 0 Å². The lowest BCUT2D eigenvalue weighted by Crippen LogP contribution is -2.44. The van der Waals surface area contributed by atoms with Crippen LogP contribution in [0.5, 0.6) is 5.75 Å². The van der Waals surface area contributed by atoms with Crippen LogP contribution in [0, 0.1) is 5.82 Å². The minimum absolute atomic E-state index is 0.120. The molecule has 0 radical (unpaired) electrons. The second kappa shape index (κ2) is 9.06. The Morgan fingerprint density at radius 3 is 2.39 bits per heavy atom. The van der Waals surface area contributed by atoms with Gasteiger partial charge in [-0.2, -0.15) is 0 Å². The highest BCUT2D eigenvalue weighted by atomic mass is 19.1. The van der Waals surface area contributed by atoms with Crippen molar-refractivity contribution in [3.8, 4) is 5.75 Å². The lowest BCUT2D eigenvalue weighted by atomic mass is 10.1. The minimum Gasteiger partial charge on any atom is -0.491 e. The third-order valence-electron chi connectivity index (χ3n) is 4.80. The van der Waals surface area contributed by atoms with E-state index in [1.54, 1.807) is 12.1 Å². The van der Waals surface area contributed by atoms with E-state index in [4.69, 9.17) is 4.74 Å². The van der Waals surface area contributed by atoms with Gasteiger partial charge in [0.1, 0.15) is 11.6 Å². The normalized spacial score (nSPS) is 15.0. The van der Waals surface area contributed by atoms with Crippen molar-refractivity contribution in [3.05, 3.63) is 59.4 Å². The maximum Gasteiger partial charge on any atom is 0.251 e. The van der Waals surface area contributed by atoms with Crippen LogP contribution in [-0.4, -0.2) is 50.1 Å². The molecule has 2 aromatic carbocycles. The predicted molar refractivity (Wildman–Crippen MR) is 109 cm³/mol. The van der Waals surface area contributed by atoms with Crippen LogP contribution < -0.4 is 15.0 Å². The second-order valence-corrected chi connectivity index (χ2v) is 7.45. The van der Waals surface area contributed by atoms with Gasteiger partial charge in [0, 0.05) is 38.3 Å². The fourth-order valence-electron chi connectivity index (χ4n) is 3.19. The summed E-state index contributed by atoms with van der Waals surface area (Å²) in [6.45, 7) is 7.71. The first-order valence-corrected chi connectivity index (χ1v) is 9.69. The van der Waals surface area contributed by atoms with Crippen LogP contribution in [-0.2, 0) is 6.54 Å². The number of nitrogens with zero attached hydrogens (tertiary/aromatic N) is 2. The van der Waals surface area contributed by atoms with Crippen LogP contribution in [0.25, 0.3) is 0 Å². The Bertz CT molecular complexity index is 800. The molecule has 1 saturated heterocycles. The number of amides is 1. The Hall–Kier alpha value is -2.60. The Labute approximate surface area is 166 Å². The van der Waals surface area contributed by atoms with E-state index in [1.165, 1.54) is 6.07 Å². The van der Waals surface area contributed by atoms with E-state index in [9.17, 15) is 9.18 Å². The first kappa shape index (κ1) is 20.1. The number of nitrogens with one attached hydrogen (secondary N) is 1. The van der Waals surface area contributed by atoms with Crippen LogP contribution in [0.15, 0.2) is 42.5 Å². The molecule has 0 aromatic heterocycles. The SMILES string of the molecule is CC(C)Oc1ccc(CNC(=O)c2ccc(N3CCN(C)CC3)c(F)c2)cc1. The number of anilines is 1. The molecule has 0 aliphatic carbocycles. The molecular weight excluding hydrogens is 357 g/mol. The molecule has 3 rings (SSSR count). The summed E-state index contributed by atoms with van der Waals surface area (Å²) in [5.41, 5.74) is 1.85. The molecule has 0 spiro atoms. The summed E-state index contributed by atoms with van der Waals surface area (Å²) < 4.78 is 20.2. The fraction of sp³-hybridized carbons (Fsp3) is 0.409. The number of halogens is 1. The van der Waals surface area contributed by atoms with E-state index in [2.05, 4.69) is 17.3 Å². The molecule has 0 bridgehead atoms. The number of hydrogen-bond donors (Lipinski definition) is 1. The highest BCUT2D eigenvalue weighted by Gasteiger charge is 2.18. The molecule has 0 saturated carbocycles. The summed E-state index contributed by atoms with van der Waals surface area (Å²) in [6.07, 6.45) is 0.120. The first-order valence-electron chi connectivity index (χ1n) is 9.69. The molecule has 0 atom stereocenters. The van der Waals surface area contributed by atoms with Crippen molar-refractivity contribution in [2.24, 2.45) is 0 Å². The van der Waals surface area contributed by atoms with Gasteiger partial charge in [-0.05, 0) is 56.8 Å². The van der Waals surface area contributed by atoms with Gasteiger partial charge >= 0.3 is 0 Å². The molecule has 6 heteroatoms. The van der Waals surface area contributed by atoms with E-state index in [1.807, 2.05) is 43.0 Å². The Morgan fingerprint density at radius 1 is 1.11 bits per heavy atom. The number of rotatable bonds is 6. The Morgan fingerprint density at radius 2 is 1.79 bits per heavy atom. The Balaban J connectivity index is 1.57. The highest BCUT2D eigenvalue weighted by molar-refractivity contribution is 5.94. The lowest BCUT2D eigenvalue weighted by Gasteiger charge is -2.34. The molecule has 150 valence electrons. The molecule has 1 fully saturated rings. The van der Waals surface area contributed by atoms with Crippen molar-refractivity contribution in [2.75, 3.05) is 38.1 Å². The quantitative estimate of drug-likeness (QED) is 0.829. The van der Waals surface area contributed by atoms with Crippen molar-refractivity contribution in [2.45, 2.75) is 26.5 Å². The molecule has 28 heavy (non-hydrogen) atoms. The van der Waals surface area contributed by atoms with Crippen molar-refractivity contribution in [1.82, 2.24) is 10.2 Å². The smallest absolute Gasteiger partial charge is 0.251 e. The van der Waals surface area contributed by atoms with E-state index in [0.717, 1.165) is 37.5 Å². The van der Waals surface area contributed by atoms with Gasteiger partial charge in [-0.3, -0.25) is 4.79 Å². The van der Waals surface area contributed by atoms with Crippen molar-refractivity contribution in [3.63, 3.8) is 0 Å². The number of likely N-dealkylation sites (N-methyl/N-ethyl adjacent to an activating group) is 1. The topological polar surface area (TPSA) is 44.8 Å². The van der Waals surface area contributed by atoms with Gasteiger partial charge in [0.05, 0.1) is 11.8 Å². The Kier molecular flexibility index (Phi) is 6.52. The summed E-state index contributed by atoms with van der Waals surface area (Å²) in [4.78, 5) is 16.6. The molecule has 0 unspecified atom stereocenters.